The molecule has 3 nitrogen and oxygen atoms in total. The zero-order chi connectivity index (χ0) is 16.9. The van der Waals surface area contributed by atoms with Crippen LogP contribution in [0.15, 0.2) is 48.5 Å². The van der Waals surface area contributed by atoms with Gasteiger partial charge in [-0.2, -0.15) is 0 Å². The number of hydrogen-bond donors (Lipinski definition) is 0. The van der Waals surface area contributed by atoms with Gasteiger partial charge in [-0.25, -0.2) is 0 Å². The molecule has 1 aliphatic heterocycles. The standard InChI is InChI=1S/C20H23ClN2O/c1-2-16-6-8-17(9-7-16)14-20(24)23-12-10-22(11-13-23)19-5-3-4-18(21)15-19/h3-9,15H,2,10-14H2,1H3. The van der Waals surface area contributed by atoms with E-state index in [1.54, 1.807) is 0 Å². The molecule has 1 fully saturated rings. The van der Waals surface area contributed by atoms with E-state index in [9.17, 15) is 4.79 Å². The first-order valence-corrected chi connectivity index (χ1v) is 8.89. The minimum absolute atomic E-state index is 0.213. The van der Waals surface area contributed by atoms with Crippen LogP contribution in [0.5, 0.6) is 0 Å². The molecular formula is C20H23ClN2O. The van der Waals surface area contributed by atoms with E-state index in [1.807, 2.05) is 23.1 Å². The van der Waals surface area contributed by atoms with Crippen LogP contribution in [0.25, 0.3) is 0 Å². The Morgan fingerprint density at radius 3 is 2.29 bits per heavy atom. The molecule has 3 rings (SSSR count). The number of hydrogen-bond acceptors (Lipinski definition) is 2. The summed E-state index contributed by atoms with van der Waals surface area (Å²) in [6, 6.07) is 16.3. The highest BCUT2D eigenvalue weighted by Crippen LogP contribution is 2.21. The maximum absolute atomic E-state index is 12.5. The van der Waals surface area contributed by atoms with Gasteiger partial charge >= 0.3 is 0 Å². The second-order valence-electron chi connectivity index (χ2n) is 6.19. The van der Waals surface area contributed by atoms with Crippen LogP contribution in [0.4, 0.5) is 5.69 Å². The molecule has 0 aromatic heterocycles. The first-order valence-electron chi connectivity index (χ1n) is 8.52. The summed E-state index contributed by atoms with van der Waals surface area (Å²) in [7, 11) is 0. The number of carbonyl (C=O) groups excluding carboxylic acids is 1. The van der Waals surface area contributed by atoms with Gasteiger partial charge in [-0.05, 0) is 35.7 Å². The lowest BCUT2D eigenvalue weighted by atomic mass is 10.1. The molecular weight excluding hydrogens is 320 g/mol. The topological polar surface area (TPSA) is 23.6 Å². The third-order valence-corrected chi connectivity index (χ3v) is 4.83. The summed E-state index contributed by atoms with van der Waals surface area (Å²) in [5.41, 5.74) is 3.53. The first kappa shape index (κ1) is 16.8. The number of amides is 1. The average molecular weight is 343 g/mol. The second kappa shape index (κ2) is 7.71. The number of anilines is 1. The molecule has 2 aromatic carbocycles. The molecule has 1 saturated heterocycles. The van der Waals surface area contributed by atoms with Crippen LogP contribution >= 0.6 is 11.6 Å². The molecule has 1 amide bonds. The minimum atomic E-state index is 0.213. The summed E-state index contributed by atoms with van der Waals surface area (Å²) in [6.45, 7) is 5.36. The quantitative estimate of drug-likeness (QED) is 0.844. The largest absolute Gasteiger partial charge is 0.368 e. The van der Waals surface area contributed by atoms with Gasteiger partial charge in [-0.3, -0.25) is 4.79 Å². The van der Waals surface area contributed by atoms with Crippen molar-refractivity contribution in [3.8, 4) is 0 Å². The van der Waals surface area contributed by atoms with Gasteiger partial charge in [0.05, 0.1) is 6.42 Å². The van der Waals surface area contributed by atoms with Crippen LogP contribution in [-0.4, -0.2) is 37.0 Å². The van der Waals surface area contributed by atoms with Crippen molar-refractivity contribution in [2.24, 2.45) is 0 Å². The van der Waals surface area contributed by atoms with Crippen LogP contribution in [0.3, 0.4) is 0 Å². The summed E-state index contributed by atoms with van der Waals surface area (Å²) < 4.78 is 0. The Kier molecular flexibility index (Phi) is 5.41. The Hall–Kier alpha value is -2.00. The van der Waals surface area contributed by atoms with Gasteiger partial charge in [-0.1, -0.05) is 48.9 Å². The molecule has 0 bridgehead atoms. The van der Waals surface area contributed by atoms with Gasteiger partial charge in [-0.15, -0.1) is 0 Å². The number of aryl methyl sites for hydroxylation is 1. The van der Waals surface area contributed by atoms with Crippen LogP contribution in [-0.2, 0) is 17.6 Å². The van der Waals surface area contributed by atoms with Gasteiger partial charge in [0.1, 0.15) is 0 Å². The first-order chi connectivity index (χ1) is 11.7. The summed E-state index contributed by atoms with van der Waals surface area (Å²) in [6.07, 6.45) is 1.51. The summed E-state index contributed by atoms with van der Waals surface area (Å²) in [4.78, 5) is 16.8. The lowest BCUT2D eigenvalue weighted by Crippen LogP contribution is -2.49. The summed E-state index contributed by atoms with van der Waals surface area (Å²) in [5.74, 6) is 0.213. The molecule has 0 spiro atoms. The van der Waals surface area contributed by atoms with Crippen molar-refractivity contribution in [2.75, 3.05) is 31.1 Å². The van der Waals surface area contributed by atoms with E-state index in [2.05, 4.69) is 42.2 Å². The molecule has 1 heterocycles. The Morgan fingerprint density at radius 2 is 1.67 bits per heavy atom. The van der Waals surface area contributed by atoms with Crippen molar-refractivity contribution in [3.63, 3.8) is 0 Å². The number of benzene rings is 2. The third kappa shape index (κ3) is 4.09. The summed E-state index contributed by atoms with van der Waals surface area (Å²) >= 11 is 6.06. The second-order valence-corrected chi connectivity index (χ2v) is 6.63. The molecule has 0 unspecified atom stereocenters. The molecule has 0 atom stereocenters. The fourth-order valence-corrected chi connectivity index (χ4v) is 3.25. The van der Waals surface area contributed by atoms with Crippen LogP contribution in [0, 0.1) is 0 Å². The van der Waals surface area contributed by atoms with Crippen molar-refractivity contribution in [1.82, 2.24) is 4.90 Å². The Balaban J connectivity index is 1.54. The highest BCUT2D eigenvalue weighted by atomic mass is 35.5. The van der Waals surface area contributed by atoms with Gasteiger partial charge in [0.25, 0.3) is 0 Å². The zero-order valence-corrected chi connectivity index (χ0v) is 14.8. The maximum Gasteiger partial charge on any atom is 0.227 e. The lowest BCUT2D eigenvalue weighted by molar-refractivity contribution is -0.130. The molecule has 0 saturated carbocycles. The van der Waals surface area contributed by atoms with Crippen molar-refractivity contribution in [1.29, 1.82) is 0 Å². The van der Waals surface area contributed by atoms with E-state index in [4.69, 9.17) is 11.6 Å². The number of halogens is 1. The Morgan fingerprint density at radius 1 is 1.00 bits per heavy atom. The molecule has 0 N–H and O–H groups in total. The SMILES string of the molecule is CCc1ccc(CC(=O)N2CCN(c3cccc(Cl)c3)CC2)cc1. The van der Waals surface area contributed by atoms with Crippen LogP contribution in [0.1, 0.15) is 18.1 Å². The van der Waals surface area contributed by atoms with E-state index in [0.717, 1.165) is 48.9 Å². The highest BCUT2D eigenvalue weighted by Gasteiger charge is 2.21. The molecule has 2 aromatic rings. The van der Waals surface area contributed by atoms with Gasteiger partial charge in [0.15, 0.2) is 0 Å². The highest BCUT2D eigenvalue weighted by molar-refractivity contribution is 6.30. The van der Waals surface area contributed by atoms with Gasteiger partial charge in [0.2, 0.25) is 5.91 Å². The van der Waals surface area contributed by atoms with E-state index >= 15 is 0 Å². The molecule has 1 aliphatic rings. The predicted octanol–water partition coefficient (Wildman–Crippen LogP) is 3.79. The smallest absolute Gasteiger partial charge is 0.227 e. The molecule has 0 radical (unpaired) electrons. The molecule has 0 aliphatic carbocycles. The van der Waals surface area contributed by atoms with Crippen molar-refractivity contribution >= 4 is 23.2 Å². The van der Waals surface area contributed by atoms with Crippen molar-refractivity contribution in [3.05, 3.63) is 64.7 Å². The fourth-order valence-electron chi connectivity index (χ4n) is 3.07. The monoisotopic (exact) mass is 342 g/mol. The van der Waals surface area contributed by atoms with Crippen molar-refractivity contribution in [2.45, 2.75) is 19.8 Å². The van der Waals surface area contributed by atoms with Crippen molar-refractivity contribution < 1.29 is 4.79 Å². The number of rotatable bonds is 4. The van der Waals surface area contributed by atoms with Crippen LogP contribution < -0.4 is 4.90 Å². The third-order valence-electron chi connectivity index (χ3n) is 4.59. The Bertz CT molecular complexity index is 691. The number of nitrogens with zero attached hydrogens (tertiary/aromatic N) is 2. The molecule has 24 heavy (non-hydrogen) atoms. The fraction of sp³-hybridized carbons (Fsp3) is 0.350. The van der Waals surface area contributed by atoms with Crippen LogP contribution in [0.2, 0.25) is 5.02 Å². The number of carbonyl (C=O) groups is 1. The van der Waals surface area contributed by atoms with Gasteiger partial charge in [0, 0.05) is 36.9 Å². The van der Waals surface area contributed by atoms with E-state index in [0.29, 0.717) is 6.42 Å². The summed E-state index contributed by atoms with van der Waals surface area (Å²) in [5, 5.41) is 0.751. The van der Waals surface area contributed by atoms with Gasteiger partial charge < -0.3 is 9.80 Å². The van der Waals surface area contributed by atoms with E-state index in [-0.39, 0.29) is 5.91 Å². The minimum Gasteiger partial charge on any atom is -0.368 e. The van der Waals surface area contributed by atoms with E-state index in [1.165, 1.54) is 5.56 Å². The zero-order valence-electron chi connectivity index (χ0n) is 14.0. The lowest BCUT2D eigenvalue weighted by Gasteiger charge is -2.36. The predicted molar refractivity (Wildman–Crippen MR) is 99.8 cm³/mol. The maximum atomic E-state index is 12.5. The van der Waals surface area contributed by atoms with E-state index < -0.39 is 0 Å². The average Bonchev–Trinajstić information content (AvgIpc) is 2.62. The number of piperazine rings is 1. The Labute approximate surface area is 148 Å². The molecule has 126 valence electrons. The molecule has 4 heteroatoms. The normalized spacial score (nSPS) is 14.8.